The molecule has 1 atom stereocenters. The van der Waals surface area contributed by atoms with E-state index in [9.17, 15) is 4.79 Å². The van der Waals surface area contributed by atoms with Gasteiger partial charge in [-0.3, -0.25) is 4.79 Å². The zero-order chi connectivity index (χ0) is 8.69. The molecule has 66 valence electrons. The van der Waals surface area contributed by atoms with Gasteiger partial charge < -0.3 is 16.4 Å². The molecule has 1 amide bonds. The molecule has 4 N–H and O–H groups in total. The fraction of sp³-hybridized carbons (Fsp3) is 0.857. The molecule has 4 nitrogen and oxygen atoms in total. The summed E-state index contributed by atoms with van der Waals surface area (Å²) in [5.74, 6) is -0.0669. The van der Waals surface area contributed by atoms with Crippen LogP contribution < -0.4 is 16.4 Å². The lowest BCUT2D eigenvalue weighted by molar-refractivity contribution is -0.122. The quantitative estimate of drug-likeness (QED) is 0.485. The van der Waals surface area contributed by atoms with E-state index in [1.54, 1.807) is 0 Å². The van der Waals surface area contributed by atoms with E-state index < -0.39 is 0 Å². The first-order chi connectivity index (χ1) is 5.22. The van der Waals surface area contributed by atoms with Crippen LogP contribution in [0.3, 0.4) is 0 Å². The highest BCUT2D eigenvalue weighted by Gasteiger charge is 2.10. The zero-order valence-corrected chi connectivity index (χ0v) is 7.18. The number of amides is 1. The highest BCUT2D eigenvalue weighted by atomic mass is 16.2. The zero-order valence-electron chi connectivity index (χ0n) is 7.18. The molecule has 0 saturated carbocycles. The minimum absolute atomic E-state index is 0.0669. The van der Waals surface area contributed by atoms with E-state index in [1.807, 2.05) is 14.0 Å². The van der Waals surface area contributed by atoms with Crippen LogP contribution in [0.4, 0.5) is 0 Å². The molecular formula is C7H17N3O. The number of hydrogen-bond acceptors (Lipinski definition) is 3. The lowest BCUT2D eigenvalue weighted by atomic mass is 10.2. The van der Waals surface area contributed by atoms with E-state index in [0.717, 1.165) is 6.54 Å². The Kier molecular flexibility index (Phi) is 5.78. The predicted molar refractivity (Wildman–Crippen MR) is 45.2 cm³/mol. The van der Waals surface area contributed by atoms with Crippen LogP contribution in [-0.2, 0) is 4.79 Å². The molecule has 4 heteroatoms. The fourth-order valence-electron chi connectivity index (χ4n) is 0.736. The second kappa shape index (κ2) is 6.12. The SMILES string of the molecule is CCNC(=O)[C@@H](N)CCNC. The third-order valence-electron chi connectivity index (χ3n) is 1.39. The number of hydrogen-bond donors (Lipinski definition) is 3. The Morgan fingerprint density at radius 2 is 2.27 bits per heavy atom. The van der Waals surface area contributed by atoms with E-state index in [0.29, 0.717) is 13.0 Å². The first kappa shape index (κ1) is 10.4. The minimum atomic E-state index is -0.373. The summed E-state index contributed by atoms with van der Waals surface area (Å²) in [6, 6.07) is -0.373. The highest BCUT2D eigenvalue weighted by Crippen LogP contribution is 1.85. The summed E-state index contributed by atoms with van der Waals surface area (Å²) in [7, 11) is 1.84. The Labute approximate surface area is 67.5 Å². The van der Waals surface area contributed by atoms with Gasteiger partial charge in [-0.2, -0.15) is 0 Å². The molecule has 0 aliphatic rings. The van der Waals surface area contributed by atoms with Crippen LogP contribution >= 0.6 is 0 Å². The van der Waals surface area contributed by atoms with Crippen molar-refractivity contribution in [2.24, 2.45) is 5.73 Å². The maximum absolute atomic E-state index is 11.0. The van der Waals surface area contributed by atoms with Crippen molar-refractivity contribution in [3.63, 3.8) is 0 Å². The summed E-state index contributed by atoms with van der Waals surface area (Å²) in [5.41, 5.74) is 5.54. The second-order valence-electron chi connectivity index (χ2n) is 2.39. The smallest absolute Gasteiger partial charge is 0.236 e. The van der Waals surface area contributed by atoms with Crippen LogP contribution in [-0.4, -0.2) is 32.1 Å². The average molecular weight is 159 g/mol. The van der Waals surface area contributed by atoms with Crippen molar-refractivity contribution in [1.29, 1.82) is 0 Å². The summed E-state index contributed by atoms with van der Waals surface area (Å²) in [6.07, 6.45) is 0.683. The number of rotatable bonds is 5. The molecular weight excluding hydrogens is 142 g/mol. The van der Waals surface area contributed by atoms with Gasteiger partial charge in [0.15, 0.2) is 0 Å². The molecule has 0 radical (unpaired) electrons. The van der Waals surface area contributed by atoms with Gasteiger partial charge >= 0.3 is 0 Å². The van der Waals surface area contributed by atoms with Gasteiger partial charge in [0.1, 0.15) is 0 Å². The van der Waals surface area contributed by atoms with Crippen molar-refractivity contribution in [3.05, 3.63) is 0 Å². The maximum atomic E-state index is 11.0. The average Bonchev–Trinajstić information content (AvgIpc) is 2.00. The van der Waals surface area contributed by atoms with E-state index in [2.05, 4.69) is 10.6 Å². The normalized spacial score (nSPS) is 12.6. The van der Waals surface area contributed by atoms with Crippen molar-refractivity contribution < 1.29 is 4.79 Å². The van der Waals surface area contributed by atoms with Gasteiger partial charge in [-0.1, -0.05) is 0 Å². The molecule has 0 aliphatic carbocycles. The number of carbonyl (C=O) groups is 1. The highest BCUT2D eigenvalue weighted by molar-refractivity contribution is 5.81. The van der Waals surface area contributed by atoms with E-state index in [1.165, 1.54) is 0 Å². The fourth-order valence-corrected chi connectivity index (χ4v) is 0.736. The first-order valence-corrected chi connectivity index (χ1v) is 3.90. The van der Waals surface area contributed by atoms with Crippen molar-refractivity contribution >= 4 is 5.91 Å². The standard InChI is InChI=1S/C7H17N3O/c1-3-10-7(11)6(8)4-5-9-2/h6,9H,3-5,8H2,1-2H3,(H,10,11)/t6-/m0/s1. The molecule has 0 aromatic heterocycles. The monoisotopic (exact) mass is 159 g/mol. The van der Waals surface area contributed by atoms with E-state index >= 15 is 0 Å². The lowest BCUT2D eigenvalue weighted by Gasteiger charge is -2.09. The molecule has 0 bridgehead atoms. The van der Waals surface area contributed by atoms with Crippen LogP contribution in [0.1, 0.15) is 13.3 Å². The Bertz CT molecular complexity index is 116. The summed E-state index contributed by atoms with van der Waals surface area (Å²) < 4.78 is 0. The van der Waals surface area contributed by atoms with Crippen LogP contribution in [0.2, 0.25) is 0 Å². The van der Waals surface area contributed by atoms with Crippen molar-refractivity contribution in [2.75, 3.05) is 20.1 Å². The Balaban J connectivity index is 3.46. The molecule has 0 aromatic rings. The third-order valence-corrected chi connectivity index (χ3v) is 1.39. The van der Waals surface area contributed by atoms with E-state index in [-0.39, 0.29) is 11.9 Å². The maximum Gasteiger partial charge on any atom is 0.236 e. The molecule has 0 saturated heterocycles. The van der Waals surface area contributed by atoms with Crippen molar-refractivity contribution in [2.45, 2.75) is 19.4 Å². The molecule has 0 aliphatic heterocycles. The second-order valence-corrected chi connectivity index (χ2v) is 2.39. The molecule has 11 heavy (non-hydrogen) atoms. The van der Waals surface area contributed by atoms with E-state index in [4.69, 9.17) is 5.73 Å². The van der Waals surface area contributed by atoms with Gasteiger partial charge in [-0.15, -0.1) is 0 Å². The Hall–Kier alpha value is -0.610. The Morgan fingerprint density at radius 1 is 1.64 bits per heavy atom. The minimum Gasteiger partial charge on any atom is -0.355 e. The largest absolute Gasteiger partial charge is 0.355 e. The van der Waals surface area contributed by atoms with Crippen LogP contribution in [0.15, 0.2) is 0 Å². The molecule has 0 fully saturated rings. The van der Waals surface area contributed by atoms with Gasteiger partial charge in [0.25, 0.3) is 0 Å². The van der Waals surface area contributed by atoms with Crippen LogP contribution in [0.25, 0.3) is 0 Å². The Morgan fingerprint density at radius 3 is 2.73 bits per heavy atom. The van der Waals surface area contributed by atoms with Gasteiger partial charge in [0.05, 0.1) is 6.04 Å². The molecule has 0 unspecified atom stereocenters. The number of nitrogens with two attached hydrogens (primary N) is 1. The molecule has 0 aromatic carbocycles. The first-order valence-electron chi connectivity index (χ1n) is 3.90. The summed E-state index contributed by atoms with van der Waals surface area (Å²) >= 11 is 0. The van der Waals surface area contributed by atoms with Gasteiger partial charge in [0, 0.05) is 6.54 Å². The molecule has 0 spiro atoms. The van der Waals surface area contributed by atoms with Gasteiger partial charge in [-0.05, 0) is 26.9 Å². The molecule has 0 rings (SSSR count). The van der Waals surface area contributed by atoms with Gasteiger partial charge in [-0.25, -0.2) is 0 Å². The van der Waals surface area contributed by atoms with Gasteiger partial charge in [0.2, 0.25) is 5.91 Å². The number of likely N-dealkylation sites (N-methyl/N-ethyl adjacent to an activating group) is 1. The third kappa shape index (κ3) is 4.75. The summed E-state index contributed by atoms with van der Waals surface area (Å²) in [5, 5.41) is 5.60. The van der Waals surface area contributed by atoms with Crippen LogP contribution in [0, 0.1) is 0 Å². The predicted octanol–water partition coefficient (Wildman–Crippen LogP) is -0.941. The molecule has 0 heterocycles. The summed E-state index contributed by atoms with van der Waals surface area (Å²) in [6.45, 7) is 3.30. The van der Waals surface area contributed by atoms with Crippen molar-refractivity contribution in [3.8, 4) is 0 Å². The lowest BCUT2D eigenvalue weighted by Crippen LogP contribution is -2.41. The number of nitrogens with one attached hydrogen (secondary N) is 2. The number of carbonyl (C=O) groups excluding carboxylic acids is 1. The van der Waals surface area contributed by atoms with Crippen molar-refractivity contribution in [1.82, 2.24) is 10.6 Å². The van der Waals surface area contributed by atoms with Crippen LogP contribution in [0.5, 0.6) is 0 Å². The topological polar surface area (TPSA) is 67.2 Å². The summed E-state index contributed by atoms with van der Waals surface area (Å²) in [4.78, 5) is 11.0.